The lowest BCUT2D eigenvalue weighted by molar-refractivity contribution is 0.0498. The van der Waals surface area contributed by atoms with Gasteiger partial charge in [0.25, 0.3) is 0 Å². The minimum absolute atomic E-state index is 0.344. The quantitative estimate of drug-likeness (QED) is 0.140. The number of hydrogen-bond donors (Lipinski definition) is 0. The van der Waals surface area contributed by atoms with Gasteiger partial charge >= 0.3 is 5.97 Å². The SMILES string of the molecule is CCCCCCCCCCCCCCCCCCCCOC(=O)c1cc(Cl)ccc1Cl. The Labute approximate surface area is 201 Å². The summed E-state index contributed by atoms with van der Waals surface area (Å²) in [5.41, 5.74) is 0.344. The Kier molecular flexibility index (Phi) is 18.2. The number of benzene rings is 1. The van der Waals surface area contributed by atoms with E-state index < -0.39 is 0 Å². The van der Waals surface area contributed by atoms with Crippen LogP contribution in [0.1, 0.15) is 133 Å². The van der Waals surface area contributed by atoms with E-state index in [1.807, 2.05) is 0 Å². The van der Waals surface area contributed by atoms with Gasteiger partial charge in [-0.3, -0.25) is 0 Å². The Bertz CT molecular complexity index is 574. The van der Waals surface area contributed by atoms with Gasteiger partial charge in [0.15, 0.2) is 0 Å². The fourth-order valence-electron chi connectivity index (χ4n) is 3.90. The van der Waals surface area contributed by atoms with Crippen LogP contribution in [0.25, 0.3) is 0 Å². The van der Waals surface area contributed by atoms with Crippen molar-refractivity contribution >= 4 is 29.2 Å². The lowest BCUT2D eigenvalue weighted by Gasteiger charge is -2.07. The predicted octanol–water partition coefficient (Wildman–Crippen LogP) is 10.2. The molecule has 0 fully saturated rings. The van der Waals surface area contributed by atoms with Crippen molar-refractivity contribution in [3.05, 3.63) is 33.8 Å². The van der Waals surface area contributed by atoms with E-state index in [2.05, 4.69) is 6.92 Å². The third-order valence-electron chi connectivity index (χ3n) is 5.88. The molecule has 178 valence electrons. The molecule has 1 aromatic rings. The number of carbonyl (C=O) groups is 1. The van der Waals surface area contributed by atoms with Crippen LogP contribution in [0, 0.1) is 0 Å². The highest BCUT2D eigenvalue weighted by Gasteiger charge is 2.12. The van der Waals surface area contributed by atoms with Gasteiger partial charge in [-0.1, -0.05) is 139 Å². The molecule has 0 saturated carbocycles. The number of esters is 1. The molecule has 2 nitrogen and oxygen atoms in total. The number of ether oxygens (including phenoxy) is 1. The van der Waals surface area contributed by atoms with E-state index in [1.165, 1.54) is 103 Å². The third-order valence-corrected chi connectivity index (χ3v) is 6.44. The molecule has 0 radical (unpaired) electrons. The third kappa shape index (κ3) is 15.7. The Morgan fingerprint density at radius 3 is 1.55 bits per heavy atom. The Morgan fingerprint density at radius 1 is 0.677 bits per heavy atom. The van der Waals surface area contributed by atoms with E-state index in [4.69, 9.17) is 27.9 Å². The normalized spacial score (nSPS) is 11.1. The molecular weight excluding hydrogens is 427 g/mol. The van der Waals surface area contributed by atoms with Crippen LogP contribution in [-0.4, -0.2) is 12.6 Å². The van der Waals surface area contributed by atoms with Crippen molar-refractivity contribution in [3.8, 4) is 0 Å². The number of hydrogen-bond acceptors (Lipinski definition) is 2. The summed E-state index contributed by atoms with van der Waals surface area (Å²) in [7, 11) is 0. The van der Waals surface area contributed by atoms with E-state index in [-0.39, 0.29) is 5.97 Å². The molecule has 0 N–H and O–H groups in total. The maximum absolute atomic E-state index is 12.0. The van der Waals surface area contributed by atoms with Gasteiger partial charge in [0, 0.05) is 5.02 Å². The van der Waals surface area contributed by atoms with Gasteiger partial charge in [0.05, 0.1) is 17.2 Å². The molecule has 0 amide bonds. The molecule has 0 unspecified atom stereocenters. The van der Waals surface area contributed by atoms with Gasteiger partial charge < -0.3 is 4.74 Å². The highest BCUT2D eigenvalue weighted by Crippen LogP contribution is 2.21. The molecule has 4 heteroatoms. The van der Waals surface area contributed by atoms with E-state index >= 15 is 0 Å². The zero-order chi connectivity index (χ0) is 22.6. The second-order valence-corrected chi connectivity index (χ2v) is 9.61. The zero-order valence-electron chi connectivity index (χ0n) is 19.7. The molecule has 31 heavy (non-hydrogen) atoms. The van der Waals surface area contributed by atoms with Gasteiger partial charge in [-0.05, 0) is 24.6 Å². The van der Waals surface area contributed by atoms with E-state index in [0.717, 1.165) is 12.8 Å². The lowest BCUT2D eigenvalue weighted by Crippen LogP contribution is -2.07. The van der Waals surface area contributed by atoms with Crippen LogP contribution in [0.3, 0.4) is 0 Å². The van der Waals surface area contributed by atoms with Crippen molar-refractivity contribution in [2.45, 2.75) is 122 Å². The predicted molar refractivity (Wildman–Crippen MR) is 136 cm³/mol. The summed E-state index contributed by atoms with van der Waals surface area (Å²) in [4.78, 5) is 12.0. The number of carbonyl (C=O) groups excluding carboxylic acids is 1. The fraction of sp³-hybridized carbons (Fsp3) is 0.741. The second kappa shape index (κ2) is 19.9. The maximum atomic E-state index is 12.0. The summed E-state index contributed by atoms with van der Waals surface area (Å²) < 4.78 is 5.31. The van der Waals surface area contributed by atoms with Crippen molar-refractivity contribution in [3.63, 3.8) is 0 Å². The largest absolute Gasteiger partial charge is 0.462 e. The lowest BCUT2D eigenvalue weighted by atomic mass is 10.0. The van der Waals surface area contributed by atoms with Gasteiger partial charge in [-0.15, -0.1) is 0 Å². The smallest absolute Gasteiger partial charge is 0.339 e. The number of unbranched alkanes of at least 4 members (excludes halogenated alkanes) is 17. The molecule has 1 aromatic carbocycles. The first kappa shape index (κ1) is 28.3. The average Bonchev–Trinajstić information content (AvgIpc) is 2.76. The van der Waals surface area contributed by atoms with Gasteiger partial charge in [0.1, 0.15) is 0 Å². The van der Waals surface area contributed by atoms with Crippen molar-refractivity contribution in [2.24, 2.45) is 0 Å². The van der Waals surface area contributed by atoms with Gasteiger partial charge in [-0.2, -0.15) is 0 Å². The molecule has 0 aromatic heterocycles. The summed E-state index contributed by atoms with van der Waals surface area (Å²) in [6, 6.07) is 4.84. The first-order valence-corrected chi connectivity index (χ1v) is 13.5. The van der Waals surface area contributed by atoms with Crippen LogP contribution in [0.2, 0.25) is 10.0 Å². The minimum atomic E-state index is -0.389. The molecule has 0 bridgehead atoms. The minimum Gasteiger partial charge on any atom is -0.462 e. The summed E-state index contributed by atoms with van der Waals surface area (Å²) in [5, 5.41) is 0.872. The molecule has 0 saturated heterocycles. The standard InChI is InChI=1S/C27H44Cl2O2/c1-2-3-4-5-6-7-8-9-10-11-12-13-14-15-16-17-18-19-22-31-27(30)25-23-24(28)20-21-26(25)29/h20-21,23H,2-19,22H2,1H3. The Balaban J connectivity index is 1.81. The van der Waals surface area contributed by atoms with Crippen LogP contribution in [-0.2, 0) is 4.74 Å². The Hall–Kier alpha value is -0.730. The van der Waals surface area contributed by atoms with Crippen LogP contribution in [0.15, 0.2) is 18.2 Å². The van der Waals surface area contributed by atoms with Crippen molar-refractivity contribution < 1.29 is 9.53 Å². The molecule has 0 aliphatic carbocycles. The van der Waals surface area contributed by atoms with E-state index in [0.29, 0.717) is 22.2 Å². The van der Waals surface area contributed by atoms with Gasteiger partial charge in [-0.25, -0.2) is 4.79 Å². The fourth-order valence-corrected chi connectivity index (χ4v) is 4.27. The van der Waals surface area contributed by atoms with E-state index in [1.54, 1.807) is 18.2 Å². The second-order valence-electron chi connectivity index (χ2n) is 8.77. The topological polar surface area (TPSA) is 26.3 Å². The highest BCUT2D eigenvalue weighted by atomic mass is 35.5. The van der Waals surface area contributed by atoms with Crippen molar-refractivity contribution in [1.29, 1.82) is 0 Å². The summed E-state index contributed by atoms with van der Waals surface area (Å²) in [5.74, 6) is -0.389. The van der Waals surface area contributed by atoms with E-state index in [9.17, 15) is 4.79 Å². The average molecular weight is 472 g/mol. The van der Waals surface area contributed by atoms with Crippen molar-refractivity contribution in [2.75, 3.05) is 6.61 Å². The molecular formula is C27H44Cl2O2. The van der Waals surface area contributed by atoms with Crippen LogP contribution >= 0.6 is 23.2 Å². The highest BCUT2D eigenvalue weighted by molar-refractivity contribution is 6.35. The molecule has 0 atom stereocenters. The first-order chi connectivity index (χ1) is 15.1. The summed E-state index contributed by atoms with van der Waals surface area (Å²) in [6.07, 6.45) is 24.2. The molecule has 1 rings (SSSR count). The molecule has 0 aliphatic rings. The number of halogens is 2. The van der Waals surface area contributed by atoms with Gasteiger partial charge in [0.2, 0.25) is 0 Å². The monoisotopic (exact) mass is 470 g/mol. The first-order valence-electron chi connectivity index (χ1n) is 12.8. The summed E-state index contributed by atoms with van der Waals surface area (Å²) >= 11 is 11.9. The van der Waals surface area contributed by atoms with Crippen LogP contribution in [0.5, 0.6) is 0 Å². The zero-order valence-corrected chi connectivity index (χ0v) is 21.3. The number of rotatable bonds is 20. The molecule has 0 heterocycles. The summed E-state index contributed by atoms with van der Waals surface area (Å²) in [6.45, 7) is 2.73. The maximum Gasteiger partial charge on any atom is 0.339 e. The molecule has 0 spiro atoms. The molecule has 0 aliphatic heterocycles. The van der Waals surface area contributed by atoms with Crippen LogP contribution in [0.4, 0.5) is 0 Å². The van der Waals surface area contributed by atoms with Crippen LogP contribution < -0.4 is 0 Å². The Morgan fingerprint density at radius 2 is 1.10 bits per heavy atom. The van der Waals surface area contributed by atoms with Crippen molar-refractivity contribution in [1.82, 2.24) is 0 Å².